The highest BCUT2D eigenvalue weighted by Crippen LogP contribution is 2.19. The van der Waals surface area contributed by atoms with E-state index in [0.29, 0.717) is 44.8 Å². The van der Waals surface area contributed by atoms with Crippen molar-refractivity contribution in [3.05, 3.63) is 65.7 Å². The molecule has 0 aromatic heterocycles. The molecule has 0 radical (unpaired) electrons. The van der Waals surface area contributed by atoms with Crippen molar-refractivity contribution in [2.75, 3.05) is 44.6 Å². The van der Waals surface area contributed by atoms with Crippen LogP contribution in [0.3, 0.4) is 0 Å². The third kappa shape index (κ3) is 5.75. The van der Waals surface area contributed by atoms with Gasteiger partial charge in [-0.1, -0.05) is 43.2 Å². The molecule has 0 saturated carbocycles. The standard InChI is InChI=1S/C24H32N4O3S/c29-24(25-23-8-4-3-5-9-23)22-12-10-21(11-13-22)20-26-16-18-28(19-17-26)32(30,31)27-14-6-1-2-7-15-27/h3-5,8-13H,1-2,6-7,14-20H2,(H,25,29). The number of carbonyl (C=O) groups is 1. The average Bonchev–Trinajstić information content (AvgIpc) is 3.11. The molecular weight excluding hydrogens is 424 g/mol. The van der Waals surface area contributed by atoms with E-state index in [9.17, 15) is 13.2 Å². The lowest BCUT2D eigenvalue weighted by molar-refractivity contribution is 0.102. The van der Waals surface area contributed by atoms with E-state index < -0.39 is 10.2 Å². The maximum absolute atomic E-state index is 13.0. The maximum atomic E-state index is 13.0. The largest absolute Gasteiger partial charge is 0.322 e. The molecule has 0 bridgehead atoms. The minimum atomic E-state index is -3.35. The molecule has 2 aromatic rings. The Balaban J connectivity index is 1.28. The summed E-state index contributed by atoms with van der Waals surface area (Å²) in [6.07, 6.45) is 4.15. The molecule has 2 aromatic carbocycles. The summed E-state index contributed by atoms with van der Waals surface area (Å²) >= 11 is 0. The molecule has 2 saturated heterocycles. The highest BCUT2D eigenvalue weighted by atomic mass is 32.2. The smallest absolute Gasteiger partial charge is 0.282 e. The van der Waals surface area contributed by atoms with E-state index in [1.54, 1.807) is 8.61 Å². The highest BCUT2D eigenvalue weighted by molar-refractivity contribution is 7.86. The topological polar surface area (TPSA) is 73.0 Å². The first-order valence-electron chi connectivity index (χ1n) is 11.5. The third-order valence-corrected chi connectivity index (χ3v) is 8.24. The lowest BCUT2D eigenvalue weighted by Crippen LogP contribution is -2.52. The molecule has 0 atom stereocenters. The van der Waals surface area contributed by atoms with Gasteiger partial charge in [0, 0.05) is 57.1 Å². The molecule has 1 amide bonds. The molecule has 4 rings (SSSR count). The number of hydrogen-bond acceptors (Lipinski definition) is 4. The number of hydrogen-bond donors (Lipinski definition) is 1. The Morgan fingerprint density at radius 3 is 1.97 bits per heavy atom. The van der Waals surface area contributed by atoms with Crippen molar-refractivity contribution in [3.63, 3.8) is 0 Å². The highest BCUT2D eigenvalue weighted by Gasteiger charge is 2.32. The Kier molecular flexibility index (Phi) is 7.57. The molecule has 0 spiro atoms. The summed E-state index contributed by atoms with van der Waals surface area (Å²) in [7, 11) is -3.35. The van der Waals surface area contributed by atoms with Crippen LogP contribution >= 0.6 is 0 Å². The summed E-state index contributed by atoms with van der Waals surface area (Å²) in [5.41, 5.74) is 2.51. The van der Waals surface area contributed by atoms with Crippen molar-refractivity contribution >= 4 is 21.8 Å². The SMILES string of the molecule is O=C(Nc1ccccc1)c1ccc(CN2CCN(S(=O)(=O)N3CCCCCC3)CC2)cc1. The predicted octanol–water partition coefficient (Wildman–Crippen LogP) is 3.18. The number of benzene rings is 2. The second-order valence-corrected chi connectivity index (χ2v) is 10.4. The van der Waals surface area contributed by atoms with Crippen LogP contribution in [0.2, 0.25) is 0 Å². The number of para-hydroxylation sites is 1. The van der Waals surface area contributed by atoms with Crippen LogP contribution in [0.15, 0.2) is 54.6 Å². The van der Waals surface area contributed by atoms with Crippen molar-refractivity contribution in [1.29, 1.82) is 0 Å². The van der Waals surface area contributed by atoms with Gasteiger partial charge in [-0.05, 0) is 42.7 Å². The van der Waals surface area contributed by atoms with E-state index >= 15 is 0 Å². The first-order valence-corrected chi connectivity index (χ1v) is 12.8. The second-order valence-electron chi connectivity index (χ2n) is 8.51. The quantitative estimate of drug-likeness (QED) is 0.725. The summed E-state index contributed by atoms with van der Waals surface area (Å²) in [6, 6.07) is 17.0. The normalized spacial score (nSPS) is 19.4. The number of nitrogens with one attached hydrogen (secondary N) is 1. The zero-order valence-electron chi connectivity index (χ0n) is 18.4. The molecule has 2 aliphatic rings. The number of amides is 1. The van der Waals surface area contributed by atoms with Gasteiger partial charge < -0.3 is 5.32 Å². The Morgan fingerprint density at radius 1 is 0.750 bits per heavy atom. The molecule has 172 valence electrons. The number of rotatable bonds is 6. The van der Waals surface area contributed by atoms with Gasteiger partial charge in [0.05, 0.1) is 0 Å². The van der Waals surface area contributed by atoms with Crippen LogP contribution < -0.4 is 5.32 Å². The lowest BCUT2D eigenvalue weighted by atomic mass is 10.1. The fourth-order valence-electron chi connectivity index (χ4n) is 4.30. The molecule has 2 heterocycles. The van der Waals surface area contributed by atoms with Crippen LogP contribution in [0.1, 0.15) is 41.6 Å². The van der Waals surface area contributed by atoms with E-state index in [1.807, 2.05) is 54.6 Å². The summed E-state index contributed by atoms with van der Waals surface area (Å²) < 4.78 is 29.3. The molecule has 0 unspecified atom stereocenters. The second kappa shape index (κ2) is 10.6. The molecular formula is C24H32N4O3S. The fourth-order valence-corrected chi connectivity index (χ4v) is 5.97. The molecule has 32 heavy (non-hydrogen) atoms. The molecule has 2 aliphatic heterocycles. The van der Waals surface area contributed by atoms with E-state index in [1.165, 1.54) is 0 Å². The van der Waals surface area contributed by atoms with Crippen LogP contribution in [0, 0.1) is 0 Å². The van der Waals surface area contributed by atoms with Crippen LogP contribution in [-0.2, 0) is 16.8 Å². The number of nitrogens with zero attached hydrogens (tertiary/aromatic N) is 3. The van der Waals surface area contributed by atoms with Gasteiger partial charge in [0.15, 0.2) is 0 Å². The molecule has 2 fully saturated rings. The maximum Gasteiger partial charge on any atom is 0.282 e. The lowest BCUT2D eigenvalue weighted by Gasteiger charge is -2.36. The van der Waals surface area contributed by atoms with Crippen molar-refractivity contribution < 1.29 is 13.2 Å². The third-order valence-electron chi connectivity index (χ3n) is 6.20. The molecule has 8 heteroatoms. The predicted molar refractivity (Wildman–Crippen MR) is 127 cm³/mol. The Hall–Kier alpha value is -2.26. The van der Waals surface area contributed by atoms with Crippen molar-refractivity contribution in [2.24, 2.45) is 0 Å². The molecule has 1 N–H and O–H groups in total. The summed E-state index contributed by atoms with van der Waals surface area (Å²) in [5, 5.41) is 2.89. The van der Waals surface area contributed by atoms with E-state index in [-0.39, 0.29) is 5.91 Å². The number of anilines is 1. The Labute approximate surface area is 191 Å². The number of piperazine rings is 1. The zero-order valence-corrected chi connectivity index (χ0v) is 19.3. The van der Waals surface area contributed by atoms with Gasteiger partial charge in [-0.2, -0.15) is 17.0 Å². The van der Waals surface area contributed by atoms with Crippen molar-refractivity contribution in [3.8, 4) is 0 Å². The van der Waals surface area contributed by atoms with Gasteiger partial charge in [-0.15, -0.1) is 0 Å². The Bertz CT molecular complexity index is 980. The van der Waals surface area contributed by atoms with Crippen LogP contribution in [-0.4, -0.2) is 67.1 Å². The minimum absolute atomic E-state index is 0.130. The summed E-state index contributed by atoms with van der Waals surface area (Å²) in [5.74, 6) is -0.130. The van der Waals surface area contributed by atoms with Gasteiger partial charge >= 0.3 is 0 Å². The summed E-state index contributed by atoms with van der Waals surface area (Å²) in [4.78, 5) is 14.7. The summed E-state index contributed by atoms with van der Waals surface area (Å²) in [6.45, 7) is 4.51. The van der Waals surface area contributed by atoms with Gasteiger partial charge in [-0.25, -0.2) is 0 Å². The van der Waals surface area contributed by atoms with Crippen LogP contribution in [0.4, 0.5) is 5.69 Å². The van der Waals surface area contributed by atoms with Gasteiger partial charge in [-0.3, -0.25) is 9.69 Å². The monoisotopic (exact) mass is 456 g/mol. The van der Waals surface area contributed by atoms with Gasteiger partial charge in [0.1, 0.15) is 0 Å². The minimum Gasteiger partial charge on any atom is -0.322 e. The average molecular weight is 457 g/mol. The molecule has 0 aliphatic carbocycles. The van der Waals surface area contributed by atoms with Crippen LogP contribution in [0.25, 0.3) is 0 Å². The Morgan fingerprint density at radius 2 is 1.34 bits per heavy atom. The fraction of sp³-hybridized carbons (Fsp3) is 0.458. The number of carbonyl (C=O) groups excluding carboxylic acids is 1. The first kappa shape index (κ1) is 22.9. The zero-order chi connectivity index (χ0) is 22.4. The molecule has 7 nitrogen and oxygen atoms in total. The van der Waals surface area contributed by atoms with E-state index in [2.05, 4.69) is 10.2 Å². The van der Waals surface area contributed by atoms with Crippen molar-refractivity contribution in [1.82, 2.24) is 13.5 Å². The van der Waals surface area contributed by atoms with E-state index in [4.69, 9.17) is 0 Å². The first-order chi connectivity index (χ1) is 15.5. The van der Waals surface area contributed by atoms with Crippen molar-refractivity contribution in [2.45, 2.75) is 32.2 Å². The van der Waals surface area contributed by atoms with Gasteiger partial charge in [0.25, 0.3) is 16.1 Å². The van der Waals surface area contributed by atoms with Gasteiger partial charge in [0.2, 0.25) is 0 Å². The van der Waals surface area contributed by atoms with Crippen LogP contribution in [0.5, 0.6) is 0 Å². The van der Waals surface area contributed by atoms with E-state index in [0.717, 1.165) is 43.5 Å².